The van der Waals surface area contributed by atoms with Gasteiger partial charge >= 0.3 is 0 Å². The molecule has 1 unspecified atom stereocenters. The average molecular weight is 294 g/mol. The first-order valence-electron chi connectivity index (χ1n) is 8.86. The molecular formula is C18H34N2O. The van der Waals surface area contributed by atoms with Crippen LogP contribution in [0.3, 0.4) is 0 Å². The van der Waals surface area contributed by atoms with Crippen LogP contribution in [0.15, 0.2) is 0 Å². The van der Waals surface area contributed by atoms with E-state index in [0.29, 0.717) is 17.2 Å². The number of hydrogen-bond acceptors (Lipinski definition) is 2. The van der Waals surface area contributed by atoms with E-state index in [2.05, 4.69) is 37.9 Å². The summed E-state index contributed by atoms with van der Waals surface area (Å²) in [4.78, 5) is 14.6. The molecule has 0 radical (unpaired) electrons. The molecule has 0 saturated carbocycles. The van der Waals surface area contributed by atoms with Crippen molar-refractivity contribution >= 4 is 5.91 Å². The smallest absolute Gasteiger partial charge is 0.222 e. The minimum atomic E-state index is 0.386. The average Bonchev–Trinajstić information content (AvgIpc) is 2.47. The number of carbonyl (C=O) groups excluding carboxylic acids is 1. The predicted molar refractivity (Wildman–Crippen MR) is 88.1 cm³/mol. The summed E-state index contributed by atoms with van der Waals surface area (Å²) < 4.78 is 0. The van der Waals surface area contributed by atoms with Crippen molar-refractivity contribution in [1.82, 2.24) is 10.2 Å². The second-order valence-corrected chi connectivity index (χ2v) is 8.29. The van der Waals surface area contributed by atoms with Crippen LogP contribution in [-0.2, 0) is 4.79 Å². The van der Waals surface area contributed by atoms with Gasteiger partial charge < -0.3 is 10.2 Å². The molecule has 2 saturated heterocycles. The zero-order chi connectivity index (χ0) is 15.5. The minimum absolute atomic E-state index is 0.386. The Morgan fingerprint density at radius 2 is 1.71 bits per heavy atom. The van der Waals surface area contributed by atoms with E-state index in [9.17, 15) is 4.79 Å². The molecule has 0 bridgehead atoms. The van der Waals surface area contributed by atoms with Gasteiger partial charge in [-0.2, -0.15) is 0 Å². The second-order valence-electron chi connectivity index (χ2n) is 8.29. The monoisotopic (exact) mass is 294 g/mol. The van der Waals surface area contributed by atoms with Gasteiger partial charge in [-0.1, -0.05) is 27.7 Å². The first-order valence-corrected chi connectivity index (χ1v) is 8.86. The fraction of sp³-hybridized carbons (Fsp3) is 0.944. The SMILES string of the molecule is CC(CC(=O)N1CCC(C(C)(C)C)CC1)C1CCNCC1. The summed E-state index contributed by atoms with van der Waals surface area (Å²) in [5, 5.41) is 3.41. The van der Waals surface area contributed by atoms with E-state index in [-0.39, 0.29) is 0 Å². The molecule has 122 valence electrons. The van der Waals surface area contributed by atoms with Gasteiger partial charge in [0.1, 0.15) is 0 Å². The number of amides is 1. The first-order chi connectivity index (χ1) is 9.88. The highest BCUT2D eigenvalue weighted by atomic mass is 16.2. The molecule has 3 heteroatoms. The predicted octanol–water partition coefficient (Wildman–Crippen LogP) is 3.30. The summed E-state index contributed by atoms with van der Waals surface area (Å²) in [5.41, 5.74) is 0.386. The third-order valence-electron chi connectivity index (χ3n) is 5.76. The third-order valence-corrected chi connectivity index (χ3v) is 5.76. The van der Waals surface area contributed by atoms with Gasteiger partial charge in [-0.3, -0.25) is 4.79 Å². The Labute approximate surface area is 130 Å². The number of carbonyl (C=O) groups is 1. The van der Waals surface area contributed by atoms with E-state index in [0.717, 1.165) is 44.4 Å². The Kier molecular flexibility index (Phi) is 5.70. The maximum absolute atomic E-state index is 12.5. The number of nitrogens with one attached hydrogen (secondary N) is 1. The summed E-state index contributed by atoms with van der Waals surface area (Å²) >= 11 is 0. The highest BCUT2D eigenvalue weighted by molar-refractivity contribution is 5.76. The fourth-order valence-corrected chi connectivity index (χ4v) is 3.98. The molecule has 21 heavy (non-hydrogen) atoms. The van der Waals surface area contributed by atoms with Crippen LogP contribution < -0.4 is 5.32 Å². The molecule has 2 heterocycles. The van der Waals surface area contributed by atoms with Gasteiger partial charge in [-0.15, -0.1) is 0 Å². The number of nitrogens with zero attached hydrogens (tertiary/aromatic N) is 1. The maximum Gasteiger partial charge on any atom is 0.222 e. The van der Waals surface area contributed by atoms with Gasteiger partial charge in [0.05, 0.1) is 0 Å². The van der Waals surface area contributed by atoms with Crippen LogP contribution in [0.4, 0.5) is 0 Å². The van der Waals surface area contributed by atoms with E-state index in [4.69, 9.17) is 0 Å². The lowest BCUT2D eigenvalue weighted by molar-refractivity contribution is -0.134. The Bertz CT molecular complexity index is 334. The molecule has 0 aliphatic carbocycles. The van der Waals surface area contributed by atoms with Gasteiger partial charge in [0.25, 0.3) is 0 Å². The molecular weight excluding hydrogens is 260 g/mol. The van der Waals surface area contributed by atoms with E-state index < -0.39 is 0 Å². The normalized spacial score (nSPS) is 24.1. The van der Waals surface area contributed by atoms with Crippen LogP contribution in [0.25, 0.3) is 0 Å². The quantitative estimate of drug-likeness (QED) is 0.866. The van der Waals surface area contributed by atoms with Gasteiger partial charge in [-0.05, 0) is 61.9 Å². The van der Waals surface area contributed by atoms with Crippen LogP contribution >= 0.6 is 0 Å². The summed E-state index contributed by atoms with van der Waals surface area (Å²) in [7, 11) is 0. The topological polar surface area (TPSA) is 32.3 Å². The molecule has 0 spiro atoms. The maximum atomic E-state index is 12.5. The lowest BCUT2D eigenvalue weighted by atomic mass is 9.75. The molecule has 0 aromatic heterocycles. The van der Waals surface area contributed by atoms with Crippen LogP contribution in [0, 0.1) is 23.2 Å². The molecule has 2 aliphatic heterocycles. The van der Waals surface area contributed by atoms with Crippen molar-refractivity contribution in [3.8, 4) is 0 Å². The molecule has 1 atom stereocenters. The number of hydrogen-bond donors (Lipinski definition) is 1. The van der Waals surface area contributed by atoms with Crippen molar-refractivity contribution in [2.24, 2.45) is 23.2 Å². The molecule has 2 aliphatic rings. The molecule has 3 nitrogen and oxygen atoms in total. The van der Waals surface area contributed by atoms with Crippen LogP contribution in [-0.4, -0.2) is 37.0 Å². The van der Waals surface area contributed by atoms with Crippen molar-refractivity contribution in [2.45, 2.75) is 59.8 Å². The zero-order valence-corrected chi connectivity index (χ0v) is 14.5. The van der Waals surface area contributed by atoms with Crippen LogP contribution in [0.5, 0.6) is 0 Å². The fourth-order valence-electron chi connectivity index (χ4n) is 3.98. The lowest BCUT2D eigenvalue weighted by Gasteiger charge is -2.39. The van der Waals surface area contributed by atoms with Gasteiger partial charge in [-0.25, -0.2) is 0 Å². The molecule has 1 amide bonds. The summed E-state index contributed by atoms with van der Waals surface area (Å²) in [6, 6.07) is 0. The van der Waals surface area contributed by atoms with Crippen molar-refractivity contribution in [1.29, 1.82) is 0 Å². The summed E-state index contributed by atoms with van der Waals surface area (Å²) in [5.74, 6) is 2.44. The number of likely N-dealkylation sites (tertiary alicyclic amines) is 1. The van der Waals surface area contributed by atoms with Crippen molar-refractivity contribution in [3.63, 3.8) is 0 Å². The Balaban J connectivity index is 1.76. The summed E-state index contributed by atoms with van der Waals surface area (Å²) in [6.45, 7) is 13.5. The standard InChI is InChI=1S/C18H34N2O/c1-14(15-5-9-19-10-6-15)13-17(21)20-11-7-16(8-12-20)18(2,3)4/h14-16,19H,5-13H2,1-4H3. The van der Waals surface area contributed by atoms with Crippen molar-refractivity contribution < 1.29 is 4.79 Å². The van der Waals surface area contributed by atoms with Crippen molar-refractivity contribution in [3.05, 3.63) is 0 Å². The highest BCUT2D eigenvalue weighted by Crippen LogP contribution is 2.34. The highest BCUT2D eigenvalue weighted by Gasteiger charge is 2.31. The zero-order valence-electron chi connectivity index (χ0n) is 14.5. The van der Waals surface area contributed by atoms with Gasteiger partial charge in [0.2, 0.25) is 5.91 Å². The lowest BCUT2D eigenvalue weighted by Crippen LogP contribution is -2.42. The molecule has 2 rings (SSSR count). The van der Waals surface area contributed by atoms with Gasteiger partial charge in [0, 0.05) is 19.5 Å². The van der Waals surface area contributed by atoms with Gasteiger partial charge in [0.15, 0.2) is 0 Å². The largest absolute Gasteiger partial charge is 0.343 e. The molecule has 0 aromatic rings. The Hall–Kier alpha value is -0.570. The third kappa shape index (κ3) is 4.70. The van der Waals surface area contributed by atoms with Crippen LogP contribution in [0.1, 0.15) is 59.8 Å². The van der Waals surface area contributed by atoms with Crippen LogP contribution in [0.2, 0.25) is 0 Å². The molecule has 1 N–H and O–H groups in total. The Morgan fingerprint density at radius 1 is 1.14 bits per heavy atom. The Morgan fingerprint density at radius 3 is 2.24 bits per heavy atom. The second kappa shape index (κ2) is 7.13. The number of rotatable bonds is 3. The number of piperidine rings is 2. The molecule has 0 aromatic carbocycles. The minimum Gasteiger partial charge on any atom is -0.343 e. The van der Waals surface area contributed by atoms with E-state index in [1.54, 1.807) is 0 Å². The van der Waals surface area contributed by atoms with Crippen molar-refractivity contribution in [2.75, 3.05) is 26.2 Å². The first kappa shape index (κ1) is 16.8. The van der Waals surface area contributed by atoms with E-state index >= 15 is 0 Å². The van der Waals surface area contributed by atoms with E-state index in [1.165, 1.54) is 25.7 Å². The molecule has 2 fully saturated rings. The van der Waals surface area contributed by atoms with E-state index in [1.807, 2.05) is 0 Å². The summed E-state index contributed by atoms with van der Waals surface area (Å²) in [6.07, 6.45) is 5.58.